The molecule has 0 aromatic heterocycles. The number of nitrogens with one attached hydrogen (secondary N) is 1. The topological polar surface area (TPSA) is 105 Å². The van der Waals surface area contributed by atoms with Crippen LogP contribution in [0.3, 0.4) is 0 Å². The second-order valence-corrected chi connectivity index (χ2v) is 11.3. The quantitative estimate of drug-likeness (QED) is 0.332. The molecule has 3 aromatic carbocycles. The van der Waals surface area contributed by atoms with E-state index in [0.717, 1.165) is 16.3 Å². The first-order chi connectivity index (χ1) is 19.1. The van der Waals surface area contributed by atoms with Gasteiger partial charge < -0.3 is 19.7 Å². The summed E-state index contributed by atoms with van der Waals surface area (Å²) in [6.45, 7) is 5.04. The van der Waals surface area contributed by atoms with Crippen molar-refractivity contribution < 1.29 is 27.5 Å². The summed E-state index contributed by atoms with van der Waals surface area (Å²) in [5.74, 6) is 0.285. The average Bonchev–Trinajstić information content (AvgIpc) is 2.98. The van der Waals surface area contributed by atoms with Gasteiger partial charge in [0.15, 0.2) is 0 Å². The van der Waals surface area contributed by atoms with Crippen LogP contribution in [0.5, 0.6) is 11.5 Å². The van der Waals surface area contributed by atoms with Gasteiger partial charge in [-0.3, -0.25) is 13.9 Å². The molecule has 0 radical (unpaired) electrons. The van der Waals surface area contributed by atoms with Crippen LogP contribution < -0.4 is 19.1 Å². The van der Waals surface area contributed by atoms with E-state index in [1.165, 1.54) is 24.1 Å². The number of anilines is 1. The van der Waals surface area contributed by atoms with E-state index in [9.17, 15) is 18.0 Å². The standard InChI is InChI=1S/C30H37N3O6S/c1-6-22(2)31-30(35)23(3)32(20-24-11-10-12-27(19-24)39-5)29(34)21-33(25-15-17-26(38-4)18-16-25)40(36,37)28-13-8-7-9-14-28/h7-19,22-23H,6,20-21H2,1-5H3,(H,31,35). The lowest BCUT2D eigenvalue weighted by atomic mass is 10.1. The van der Waals surface area contributed by atoms with Gasteiger partial charge in [0, 0.05) is 12.6 Å². The van der Waals surface area contributed by atoms with Gasteiger partial charge in [-0.15, -0.1) is 0 Å². The second-order valence-electron chi connectivity index (χ2n) is 9.39. The maximum Gasteiger partial charge on any atom is 0.264 e. The number of sulfonamides is 1. The third kappa shape index (κ3) is 7.53. The number of hydrogen-bond donors (Lipinski definition) is 1. The van der Waals surface area contributed by atoms with Crippen LogP contribution in [-0.2, 0) is 26.2 Å². The lowest BCUT2D eigenvalue weighted by Gasteiger charge is -2.32. The second kappa shape index (κ2) is 13.8. The Labute approximate surface area is 236 Å². The zero-order valence-corrected chi connectivity index (χ0v) is 24.4. The van der Waals surface area contributed by atoms with Crippen LogP contribution in [0.25, 0.3) is 0 Å². The van der Waals surface area contributed by atoms with E-state index in [2.05, 4.69) is 5.32 Å². The van der Waals surface area contributed by atoms with Crippen molar-refractivity contribution in [2.75, 3.05) is 25.1 Å². The van der Waals surface area contributed by atoms with Crippen molar-refractivity contribution in [2.45, 2.75) is 50.7 Å². The molecule has 0 heterocycles. The molecule has 40 heavy (non-hydrogen) atoms. The van der Waals surface area contributed by atoms with Crippen LogP contribution in [0.1, 0.15) is 32.8 Å². The predicted octanol–water partition coefficient (Wildman–Crippen LogP) is 4.23. The lowest BCUT2D eigenvalue weighted by molar-refractivity contribution is -0.139. The van der Waals surface area contributed by atoms with Crippen molar-refractivity contribution >= 4 is 27.5 Å². The van der Waals surface area contributed by atoms with E-state index >= 15 is 0 Å². The number of amides is 2. The van der Waals surface area contributed by atoms with Crippen LogP contribution in [0, 0.1) is 0 Å². The molecule has 0 aliphatic rings. The highest BCUT2D eigenvalue weighted by molar-refractivity contribution is 7.92. The lowest BCUT2D eigenvalue weighted by Crippen LogP contribution is -2.52. The summed E-state index contributed by atoms with van der Waals surface area (Å²) >= 11 is 0. The highest BCUT2D eigenvalue weighted by Crippen LogP contribution is 2.26. The van der Waals surface area contributed by atoms with Gasteiger partial charge in [-0.05, 0) is 74.4 Å². The van der Waals surface area contributed by atoms with Gasteiger partial charge in [0.25, 0.3) is 10.0 Å². The molecule has 2 unspecified atom stereocenters. The van der Waals surface area contributed by atoms with Crippen molar-refractivity contribution in [2.24, 2.45) is 0 Å². The fraction of sp³-hybridized carbons (Fsp3) is 0.333. The molecule has 2 amide bonds. The van der Waals surface area contributed by atoms with Crippen LogP contribution in [0.4, 0.5) is 5.69 Å². The Morgan fingerprint density at radius 2 is 1.52 bits per heavy atom. The third-order valence-electron chi connectivity index (χ3n) is 6.63. The molecular formula is C30H37N3O6S. The van der Waals surface area contributed by atoms with Gasteiger partial charge in [-0.2, -0.15) is 0 Å². The van der Waals surface area contributed by atoms with Gasteiger partial charge in [-0.1, -0.05) is 37.3 Å². The zero-order chi connectivity index (χ0) is 29.3. The summed E-state index contributed by atoms with van der Waals surface area (Å²) < 4.78 is 39.2. The van der Waals surface area contributed by atoms with Crippen LogP contribution >= 0.6 is 0 Å². The van der Waals surface area contributed by atoms with Crippen LogP contribution in [0.2, 0.25) is 0 Å². The van der Waals surface area contributed by atoms with Crippen molar-refractivity contribution in [1.29, 1.82) is 0 Å². The largest absolute Gasteiger partial charge is 0.497 e. The van der Waals surface area contributed by atoms with E-state index in [-0.39, 0.29) is 29.1 Å². The normalized spacial score (nSPS) is 12.6. The average molecular weight is 568 g/mol. The van der Waals surface area contributed by atoms with Crippen LogP contribution in [-0.4, -0.2) is 58.0 Å². The predicted molar refractivity (Wildman–Crippen MR) is 155 cm³/mol. The molecular weight excluding hydrogens is 530 g/mol. The number of nitrogens with zero attached hydrogens (tertiary/aromatic N) is 2. The molecule has 0 aliphatic carbocycles. The van der Waals surface area contributed by atoms with Crippen molar-refractivity contribution in [1.82, 2.24) is 10.2 Å². The van der Waals surface area contributed by atoms with Gasteiger partial charge >= 0.3 is 0 Å². The molecule has 0 fully saturated rings. The Morgan fingerprint density at radius 1 is 0.875 bits per heavy atom. The highest BCUT2D eigenvalue weighted by atomic mass is 32.2. The summed E-state index contributed by atoms with van der Waals surface area (Å²) in [6.07, 6.45) is 0.725. The minimum atomic E-state index is -4.13. The molecule has 0 saturated carbocycles. The number of ether oxygens (including phenoxy) is 2. The molecule has 0 bridgehead atoms. The Balaban J connectivity index is 2.02. The molecule has 3 rings (SSSR count). The van der Waals surface area contributed by atoms with Gasteiger partial charge in [-0.25, -0.2) is 8.42 Å². The van der Waals surface area contributed by atoms with Gasteiger partial charge in [0.05, 0.1) is 24.8 Å². The smallest absolute Gasteiger partial charge is 0.264 e. The van der Waals surface area contributed by atoms with E-state index in [4.69, 9.17) is 9.47 Å². The summed E-state index contributed by atoms with van der Waals surface area (Å²) in [7, 11) is -1.07. The zero-order valence-electron chi connectivity index (χ0n) is 23.5. The molecule has 9 nitrogen and oxygen atoms in total. The van der Waals surface area contributed by atoms with Crippen LogP contribution in [0.15, 0.2) is 83.8 Å². The molecule has 1 N–H and O–H groups in total. The number of carbonyl (C=O) groups excluding carboxylic acids is 2. The Morgan fingerprint density at radius 3 is 2.12 bits per heavy atom. The molecule has 0 spiro atoms. The monoisotopic (exact) mass is 567 g/mol. The maximum atomic E-state index is 14.0. The summed E-state index contributed by atoms with van der Waals surface area (Å²) in [5, 5.41) is 2.92. The molecule has 3 aromatic rings. The van der Waals surface area contributed by atoms with Crippen molar-refractivity contribution in [3.05, 3.63) is 84.4 Å². The van der Waals surface area contributed by atoms with E-state index in [1.807, 2.05) is 19.9 Å². The van der Waals surface area contributed by atoms with E-state index in [0.29, 0.717) is 11.5 Å². The molecule has 214 valence electrons. The Hall–Kier alpha value is -4.05. The minimum absolute atomic E-state index is 0.0422. The number of hydrogen-bond acceptors (Lipinski definition) is 6. The SMILES string of the molecule is CCC(C)NC(=O)C(C)N(Cc1cccc(OC)c1)C(=O)CN(c1ccc(OC)cc1)S(=O)(=O)c1ccccc1. The fourth-order valence-electron chi connectivity index (χ4n) is 4.01. The molecule has 0 aliphatic heterocycles. The minimum Gasteiger partial charge on any atom is -0.497 e. The van der Waals surface area contributed by atoms with E-state index in [1.54, 1.807) is 74.7 Å². The van der Waals surface area contributed by atoms with Crippen molar-refractivity contribution in [3.8, 4) is 11.5 Å². The summed E-state index contributed by atoms with van der Waals surface area (Å²) in [4.78, 5) is 28.5. The first-order valence-electron chi connectivity index (χ1n) is 13.0. The Bertz CT molecular complexity index is 1380. The Kier molecular flexibility index (Phi) is 10.6. The number of rotatable bonds is 13. The number of benzene rings is 3. The number of methoxy groups -OCH3 is 2. The van der Waals surface area contributed by atoms with E-state index < -0.39 is 28.5 Å². The maximum absolute atomic E-state index is 14.0. The number of carbonyl (C=O) groups is 2. The fourth-order valence-corrected chi connectivity index (χ4v) is 5.45. The van der Waals surface area contributed by atoms with Crippen molar-refractivity contribution in [3.63, 3.8) is 0 Å². The molecule has 0 saturated heterocycles. The first kappa shape index (κ1) is 30.5. The molecule has 2 atom stereocenters. The summed E-state index contributed by atoms with van der Waals surface area (Å²) in [5.41, 5.74) is 1.02. The summed E-state index contributed by atoms with van der Waals surface area (Å²) in [6, 6.07) is 20.6. The first-order valence-corrected chi connectivity index (χ1v) is 14.5. The molecule has 10 heteroatoms. The van der Waals surface area contributed by atoms with Gasteiger partial charge in [0.1, 0.15) is 24.1 Å². The third-order valence-corrected chi connectivity index (χ3v) is 8.41. The highest BCUT2D eigenvalue weighted by Gasteiger charge is 2.32. The van der Waals surface area contributed by atoms with Gasteiger partial charge in [0.2, 0.25) is 11.8 Å².